The van der Waals surface area contributed by atoms with E-state index in [9.17, 15) is 9.59 Å². The minimum Gasteiger partial charge on any atom is -0.331 e. The summed E-state index contributed by atoms with van der Waals surface area (Å²) in [4.78, 5) is 31.6. The molecule has 6 nitrogen and oxygen atoms in total. The van der Waals surface area contributed by atoms with Crippen LogP contribution in [-0.2, 0) is 4.79 Å². The lowest BCUT2D eigenvalue weighted by Gasteiger charge is -2.24. The number of nitrogens with zero attached hydrogens (tertiary/aromatic N) is 3. The van der Waals surface area contributed by atoms with Gasteiger partial charge in [-0.3, -0.25) is 4.79 Å². The van der Waals surface area contributed by atoms with Gasteiger partial charge in [-0.05, 0) is 6.92 Å². The van der Waals surface area contributed by atoms with E-state index in [1.54, 1.807) is 26.4 Å². The van der Waals surface area contributed by atoms with Crippen molar-refractivity contribution in [2.24, 2.45) is 0 Å². The van der Waals surface area contributed by atoms with Gasteiger partial charge >= 0.3 is 6.03 Å². The van der Waals surface area contributed by atoms with E-state index in [1.165, 1.54) is 21.1 Å². The molecule has 0 unspecified atom stereocenters. The third-order valence-electron chi connectivity index (χ3n) is 2.20. The highest BCUT2D eigenvalue weighted by Gasteiger charge is 2.18. The first kappa shape index (κ1) is 15.2. The van der Waals surface area contributed by atoms with Crippen LogP contribution in [0.3, 0.4) is 0 Å². The summed E-state index contributed by atoms with van der Waals surface area (Å²) in [5.74, 6) is -0.272. The number of carbonyl (C=O) groups excluding carboxylic acids is 2. The van der Waals surface area contributed by atoms with Crippen LogP contribution in [0.4, 0.5) is 9.93 Å². The van der Waals surface area contributed by atoms with E-state index in [4.69, 9.17) is 0 Å². The summed E-state index contributed by atoms with van der Waals surface area (Å²) in [6, 6.07) is -0.231. The first-order valence-electron chi connectivity index (χ1n) is 5.73. The molecule has 1 heterocycles. The van der Waals surface area contributed by atoms with Crippen LogP contribution < -0.4 is 5.32 Å². The maximum Gasteiger partial charge on any atom is 0.320 e. The third-order valence-corrected chi connectivity index (χ3v) is 3.03. The highest BCUT2D eigenvalue weighted by molar-refractivity contribution is 7.15. The van der Waals surface area contributed by atoms with E-state index in [1.807, 2.05) is 6.92 Å². The van der Waals surface area contributed by atoms with Crippen LogP contribution in [0.15, 0.2) is 18.9 Å². The highest BCUT2D eigenvalue weighted by Crippen LogP contribution is 2.16. The van der Waals surface area contributed by atoms with Crippen LogP contribution in [0.25, 0.3) is 0 Å². The van der Waals surface area contributed by atoms with Gasteiger partial charge in [-0.25, -0.2) is 9.78 Å². The smallest absolute Gasteiger partial charge is 0.320 e. The predicted molar refractivity (Wildman–Crippen MR) is 76.3 cm³/mol. The molecule has 0 saturated heterocycles. The van der Waals surface area contributed by atoms with Crippen LogP contribution in [0.1, 0.15) is 4.88 Å². The van der Waals surface area contributed by atoms with Crippen molar-refractivity contribution >= 4 is 28.4 Å². The van der Waals surface area contributed by atoms with E-state index in [0.29, 0.717) is 11.7 Å². The van der Waals surface area contributed by atoms with E-state index < -0.39 is 0 Å². The Morgan fingerprint density at radius 3 is 2.68 bits per heavy atom. The Morgan fingerprint density at radius 1 is 1.53 bits per heavy atom. The Morgan fingerprint density at radius 2 is 2.21 bits per heavy atom. The molecule has 3 amide bonds. The molecule has 0 aromatic carbocycles. The number of thiazole rings is 1. The van der Waals surface area contributed by atoms with Gasteiger partial charge in [-0.1, -0.05) is 6.08 Å². The van der Waals surface area contributed by atoms with Gasteiger partial charge in [-0.15, -0.1) is 17.9 Å². The summed E-state index contributed by atoms with van der Waals surface area (Å²) >= 11 is 1.39. The molecule has 0 bridgehead atoms. The van der Waals surface area contributed by atoms with Gasteiger partial charge < -0.3 is 15.1 Å². The molecule has 1 N–H and O–H groups in total. The Bertz CT molecular complexity index is 470. The van der Waals surface area contributed by atoms with E-state index in [-0.39, 0.29) is 18.5 Å². The Labute approximate surface area is 116 Å². The Hall–Kier alpha value is -1.89. The van der Waals surface area contributed by atoms with Gasteiger partial charge in [0.05, 0.1) is 0 Å². The molecule has 1 aromatic rings. The van der Waals surface area contributed by atoms with Gasteiger partial charge in [-0.2, -0.15) is 0 Å². The van der Waals surface area contributed by atoms with Crippen molar-refractivity contribution < 1.29 is 9.59 Å². The molecular weight excluding hydrogens is 264 g/mol. The maximum atomic E-state index is 11.8. The largest absolute Gasteiger partial charge is 0.331 e. The Balaban J connectivity index is 2.61. The molecule has 0 aliphatic rings. The average Bonchev–Trinajstić information content (AvgIpc) is 2.73. The zero-order chi connectivity index (χ0) is 14.4. The highest BCUT2D eigenvalue weighted by atomic mass is 32.1. The molecule has 104 valence electrons. The molecule has 0 radical (unpaired) electrons. The van der Waals surface area contributed by atoms with Gasteiger partial charge in [0.15, 0.2) is 5.13 Å². The molecule has 0 aliphatic carbocycles. The minimum absolute atomic E-state index is 0.0261. The number of aromatic nitrogens is 1. The standard InChI is InChI=1S/C12H18N4O2S/c1-5-6-16(12(18)15(3)4)8-10(17)14-11-13-7-9(2)19-11/h5,7H,1,6,8H2,2-4H3,(H,13,14,17). The summed E-state index contributed by atoms with van der Waals surface area (Å²) in [7, 11) is 3.28. The molecular formula is C12H18N4O2S. The lowest BCUT2D eigenvalue weighted by atomic mass is 10.4. The normalized spacial score (nSPS) is 9.84. The molecule has 1 aromatic heterocycles. The topological polar surface area (TPSA) is 65.5 Å². The minimum atomic E-state index is -0.272. The van der Waals surface area contributed by atoms with Crippen molar-refractivity contribution in [1.29, 1.82) is 0 Å². The lowest BCUT2D eigenvalue weighted by Crippen LogP contribution is -2.43. The Kier molecular flexibility index (Phi) is 5.50. The van der Waals surface area contributed by atoms with Crippen molar-refractivity contribution in [1.82, 2.24) is 14.8 Å². The van der Waals surface area contributed by atoms with Crippen LogP contribution in [0, 0.1) is 6.92 Å². The zero-order valence-corrected chi connectivity index (χ0v) is 12.2. The number of urea groups is 1. The van der Waals surface area contributed by atoms with Crippen molar-refractivity contribution in [3.63, 3.8) is 0 Å². The number of carbonyl (C=O) groups is 2. The second-order valence-electron chi connectivity index (χ2n) is 4.17. The van der Waals surface area contributed by atoms with Gasteiger partial charge in [0.25, 0.3) is 0 Å². The summed E-state index contributed by atoms with van der Waals surface area (Å²) in [5, 5.41) is 3.21. The van der Waals surface area contributed by atoms with E-state index in [2.05, 4.69) is 16.9 Å². The first-order valence-corrected chi connectivity index (χ1v) is 6.55. The number of hydrogen-bond acceptors (Lipinski definition) is 4. The zero-order valence-electron chi connectivity index (χ0n) is 11.3. The van der Waals surface area contributed by atoms with Crippen molar-refractivity contribution in [3.8, 4) is 0 Å². The second-order valence-corrected chi connectivity index (χ2v) is 5.41. The molecule has 1 rings (SSSR count). The summed E-state index contributed by atoms with van der Waals surface area (Å²) in [6.07, 6.45) is 3.27. The molecule has 0 fully saturated rings. The fourth-order valence-electron chi connectivity index (χ4n) is 1.39. The summed E-state index contributed by atoms with van der Waals surface area (Å²) in [5.41, 5.74) is 0. The molecule has 19 heavy (non-hydrogen) atoms. The lowest BCUT2D eigenvalue weighted by molar-refractivity contribution is -0.116. The first-order chi connectivity index (χ1) is 8.93. The van der Waals surface area contributed by atoms with Crippen LogP contribution in [0.2, 0.25) is 0 Å². The van der Waals surface area contributed by atoms with E-state index in [0.717, 1.165) is 4.88 Å². The van der Waals surface area contributed by atoms with Crippen LogP contribution >= 0.6 is 11.3 Å². The SMILES string of the molecule is C=CCN(CC(=O)Nc1ncc(C)s1)C(=O)N(C)C. The third kappa shape index (κ3) is 4.70. The molecule has 0 saturated carbocycles. The quantitative estimate of drug-likeness (QED) is 0.833. The van der Waals surface area contributed by atoms with Crippen molar-refractivity contribution in [2.75, 3.05) is 32.5 Å². The van der Waals surface area contributed by atoms with Gasteiger partial charge in [0.2, 0.25) is 5.91 Å². The summed E-state index contributed by atoms with van der Waals surface area (Å²) < 4.78 is 0. The number of aryl methyl sites for hydroxylation is 1. The maximum absolute atomic E-state index is 11.8. The average molecular weight is 282 g/mol. The predicted octanol–water partition coefficient (Wildman–Crippen LogP) is 1.56. The molecule has 7 heteroatoms. The molecule has 0 aliphatic heterocycles. The van der Waals surface area contributed by atoms with Gasteiger partial charge in [0.1, 0.15) is 6.54 Å². The summed E-state index contributed by atoms with van der Waals surface area (Å²) in [6.45, 7) is 5.79. The van der Waals surface area contributed by atoms with Crippen LogP contribution in [-0.4, -0.2) is 53.9 Å². The molecule has 0 spiro atoms. The van der Waals surface area contributed by atoms with Crippen molar-refractivity contribution in [3.05, 3.63) is 23.7 Å². The van der Waals surface area contributed by atoms with Crippen LogP contribution in [0.5, 0.6) is 0 Å². The monoisotopic (exact) mass is 282 g/mol. The van der Waals surface area contributed by atoms with Crippen molar-refractivity contribution in [2.45, 2.75) is 6.92 Å². The fraction of sp³-hybridized carbons (Fsp3) is 0.417. The second kappa shape index (κ2) is 6.89. The number of amides is 3. The number of nitrogens with one attached hydrogen (secondary N) is 1. The fourth-order valence-corrected chi connectivity index (χ4v) is 2.07. The number of rotatable bonds is 5. The molecule has 0 atom stereocenters. The number of hydrogen-bond donors (Lipinski definition) is 1. The number of anilines is 1. The van der Waals surface area contributed by atoms with Gasteiger partial charge in [0, 0.05) is 31.7 Å². The van der Waals surface area contributed by atoms with E-state index >= 15 is 0 Å².